The first-order valence-corrected chi connectivity index (χ1v) is 9.10. The average Bonchev–Trinajstić information content (AvgIpc) is 3.10. The summed E-state index contributed by atoms with van der Waals surface area (Å²) >= 11 is 0. The van der Waals surface area contributed by atoms with Crippen molar-refractivity contribution in [2.45, 2.75) is 31.9 Å². The smallest absolute Gasteiger partial charge is 0.410 e. The fourth-order valence-electron chi connectivity index (χ4n) is 3.27. The van der Waals surface area contributed by atoms with E-state index in [1.807, 2.05) is 30.3 Å². The Kier molecular flexibility index (Phi) is 5.63. The number of amides is 3. The lowest BCUT2D eigenvalue weighted by Gasteiger charge is -2.33. The van der Waals surface area contributed by atoms with Crippen molar-refractivity contribution in [2.75, 3.05) is 11.9 Å². The van der Waals surface area contributed by atoms with Crippen LogP contribution in [-0.2, 0) is 16.1 Å². The van der Waals surface area contributed by atoms with Crippen molar-refractivity contribution in [3.8, 4) is 0 Å². The van der Waals surface area contributed by atoms with Crippen LogP contribution in [0.3, 0.4) is 0 Å². The number of hydrogen-bond acceptors (Lipinski definition) is 4. The van der Waals surface area contributed by atoms with Gasteiger partial charge in [0.05, 0.1) is 0 Å². The molecule has 1 aliphatic rings. The molecule has 0 aromatic heterocycles. The molecule has 1 fully saturated rings. The second-order valence-electron chi connectivity index (χ2n) is 6.96. The number of carbonyl (C=O) groups excluding carboxylic acids is 3. The predicted molar refractivity (Wildman–Crippen MR) is 105 cm³/mol. The van der Waals surface area contributed by atoms with Crippen LogP contribution in [0.5, 0.6) is 0 Å². The van der Waals surface area contributed by atoms with Gasteiger partial charge in [-0.25, -0.2) is 4.79 Å². The van der Waals surface area contributed by atoms with E-state index in [4.69, 9.17) is 10.5 Å². The fraction of sp³-hybridized carbons (Fsp3) is 0.286. The van der Waals surface area contributed by atoms with Gasteiger partial charge in [0.25, 0.3) is 0 Å². The van der Waals surface area contributed by atoms with Gasteiger partial charge in [0, 0.05) is 17.8 Å². The molecule has 146 valence electrons. The summed E-state index contributed by atoms with van der Waals surface area (Å²) in [6.45, 7) is 2.34. The van der Waals surface area contributed by atoms with Gasteiger partial charge in [-0.1, -0.05) is 30.3 Å². The van der Waals surface area contributed by atoms with E-state index in [0.717, 1.165) is 5.56 Å². The highest BCUT2D eigenvalue weighted by Crippen LogP contribution is 2.31. The predicted octanol–water partition coefficient (Wildman–Crippen LogP) is 2.92. The third-order valence-electron chi connectivity index (χ3n) is 4.98. The zero-order chi connectivity index (χ0) is 20.1. The third-order valence-corrected chi connectivity index (χ3v) is 4.98. The van der Waals surface area contributed by atoms with Crippen LogP contribution in [0.2, 0.25) is 0 Å². The van der Waals surface area contributed by atoms with Crippen molar-refractivity contribution in [3.63, 3.8) is 0 Å². The molecule has 7 nitrogen and oxygen atoms in total. The van der Waals surface area contributed by atoms with Gasteiger partial charge < -0.3 is 15.8 Å². The van der Waals surface area contributed by atoms with Gasteiger partial charge in [0.1, 0.15) is 12.1 Å². The number of hydrogen-bond donors (Lipinski definition) is 2. The first-order valence-electron chi connectivity index (χ1n) is 9.10. The van der Waals surface area contributed by atoms with Crippen molar-refractivity contribution in [1.82, 2.24) is 4.90 Å². The van der Waals surface area contributed by atoms with Crippen molar-refractivity contribution >= 4 is 23.6 Å². The van der Waals surface area contributed by atoms with Gasteiger partial charge in [-0.05, 0) is 49.6 Å². The summed E-state index contributed by atoms with van der Waals surface area (Å²) in [5, 5.41) is 2.81. The second-order valence-corrected chi connectivity index (χ2v) is 6.96. The molecule has 7 heteroatoms. The molecule has 1 aliphatic heterocycles. The molecule has 1 unspecified atom stereocenters. The number of primary amides is 1. The summed E-state index contributed by atoms with van der Waals surface area (Å²) in [6.07, 6.45) is 0.743. The third kappa shape index (κ3) is 4.14. The summed E-state index contributed by atoms with van der Waals surface area (Å²) in [7, 11) is 0. The zero-order valence-corrected chi connectivity index (χ0v) is 15.7. The lowest BCUT2D eigenvalue weighted by atomic mass is 9.97. The molecule has 1 atom stereocenters. The highest BCUT2D eigenvalue weighted by Gasteiger charge is 2.46. The Hall–Kier alpha value is -3.35. The number of likely N-dealkylation sites (tertiary alicyclic amines) is 1. The van der Waals surface area contributed by atoms with Crippen molar-refractivity contribution < 1.29 is 19.1 Å². The molecule has 3 N–H and O–H groups in total. The summed E-state index contributed by atoms with van der Waals surface area (Å²) in [5.74, 6) is -0.832. The number of carbonyl (C=O) groups is 3. The topological polar surface area (TPSA) is 102 Å². The highest BCUT2D eigenvalue weighted by atomic mass is 16.6. The number of anilines is 1. The van der Waals surface area contributed by atoms with E-state index in [0.29, 0.717) is 30.6 Å². The van der Waals surface area contributed by atoms with Crippen molar-refractivity contribution in [2.24, 2.45) is 5.73 Å². The van der Waals surface area contributed by atoms with Crippen LogP contribution in [0.1, 0.15) is 35.7 Å². The van der Waals surface area contributed by atoms with Gasteiger partial charge >= 0.3 is 6.09 Å². The Morgan fingerprint density at radius 2 is 1.79 bits per heavy atom. The molecule has 28 heavy (non-hydrogen) atoms. The molecule has 3 rings (SSSR count). The number of ether oxygens (including phenoxy) is 1. The van der Waals surface area contributed by atoms with E-state index in [1.165, 1.54) is 4.90 Å². The summed E-state index contributed by atoms with van der Waals surface area (Å²) in [4.78, 5) is 38.1. The van der Waals surface area contributed by atoms with Gasteiger partial charge in [0.15, 0.2) is 0 Å². The molecule has 0 bridgehead atoms. The summed E-state index contributed by atoms with van der Waals surface area (Å²) in [6, 6.07) is 15.7. The largest absolute Gasteiger partial charge is 0.445 e. The van der Waals surface area contributed by atoms with Crippen LogP contribution >= 0.6 is 0 Å². The SMILES string of the molecule is CC1(C(=O)Nc2ccc(C(N)=O)cc2)CCCN1C(=O)OCc1ccccc1. The van der Waals surface area contributed by atoms with Gasteiger partial charge in [-0.15, -0.1) is 0 Å². The molecule has 0 spiro atoms. The Balaban J connectivity index is 1.65. The average molecular weight is 381 g/mol. The van der Waals surface area contributed by atoms with Crippen LogP contribution in [-0.4, -0.2) is 34.9 Å². The highest BCUT2D eigenvalue weighted by molar-refractivity contribution is 6.00. The molecule has 2 aromatic carbocycles. The van der Waals surface area contributed by atoms with E-state index in [-0.39, 0.29) is 12.5 Å². The number of rotatable bonds is 5. The monoisotopic (exact) mass is 381 g/mol. The van der Waals surface area contributed by atoms with E-state index in [1.54, 1.807) is 31.2 Å². The maximum Gasteiger partial charge on any atom is 0.410 e. The van der Waals surface area contributed by atoms with Crippen LogP contribution < -0.4 is 11.1 Å². The first-order chi connectivity index (χ1) is 13.4. The quantitative estimate of drug-likeness (QED) is 0.831. The Bertz CT molecular complexity index is 867. The van der Waals surface area contributed by atoms with E-state index in [9.17, 15) is 14.4 Å². The van der Waals surface area contributed by atoms with Gasteiger partial charge in [0.2, 0.25) is 11.8 Å². The van der Waals surface area contributed by atoms with E-state index < -0.39 is 17.5 Å². The molecule has 2 aromatic rings. The minimum absolute atomic E-state index is 0.155. The lowest BCUT2D eigenvalue weighted by Crippen LogP contribution is -2.53. The molecule has 3 amide bonds. The number of nitrogens with zero attached hydrogens (tertiary/aromatic N) is 1. The summed E-state index contributed by atoms with van der Waals surface area (Å²) < 4.78 is 5.41. The Morgan fingerprint density at radius 1 is 1.11 bits per heavy atom. The molecule has 0 radical (unpaired) electrons. The van der Waals surface area contributed by atoms with Crippen LogP contribution in [0.4, 0.5) is 10.5 Å². The van der Waals surface area contributed by atoms with Crippen LogP contribution in [0, 0.1) is 0 Å². The fourth-order valence-corrected chi connectivity index (χ4v) is 3.27. The van der Waals surface area contributed by atoms with E-state index in [2.05, 4.69) is 5.32 Å². The molecule has 0 aliphatic carbocycles. The molecule has 0 saturated carbocycles. The Labute approximate surface area is 163 Å². The second kappa shape index (κ2) is 8.12. The lowest BCUT2D eigenvalue weighted by molar-refractivity contribution is -0.125. The molecular formula is C21H23N3O4. The minimum atomic E-state index is -1.00. The molecule has 1 saturated heterocycles. The van der Waals surface area contributed by atoms with Gasteiger partial charge in [-0.3, -0.25) is 14.5 Å². The Morgan fingerprint density at radius 3 is 2.43 bits per heavy atom. The van der Waals surface area contributed by atoms with Crippen LogP contribution in [0.25, 0.3) is 0 Å². The van der Waals surface area contributed by atoms with Crippen molar-refractivity contribution in [3.05, 3.63) is 65.7 Å². The maximum absolute atomic E-state index is 12.9. The van der Waals surface area contributed by atoms with Crippen LogP contribution in [0.15, 0.2) is 54.6 Å². The van der Waals surface area contributed by atoms with Gasteiger partial charge in [-0.2, -0.15) is 0 Å². The van der Waals surface area contributed by atoms with E-state index >= 15 is 0 Å². The minimum Gasteiger partial charge on any atom is -0.445 e. The molecular weight excluding hydrogens is 358 g/mol. The summed E-state index contributed by atoms with van der Waals surface area (Å²) in [5.41, 5.74) is 5.99. The first kappa shape index (κ1) is 19.4. The number of nitrogens with two attached hydrogens (primary N) is 1. The standard InChI is InChI=1S/C21H23N3O4/c1-21(19(26)23-17-10-8-16(9-11-17)18(22)25)12-5-13-24(21)20(27)28-14-15-6-3-2-4-7-15/h2-4,6-11H,5,12-14H2,1H3,(H2,22,25)(H,23,26). The number of nitrogens with one attached hydrogen (secondary N) is 1. The molecule has 1 heterocycles. The normalized spacial score (nSPS) is 18.5. The zero-order valence-electron chi connectivity index (χ0n) is 15.7. The van der Waals surface area contributed by atoms with Crippen molar-refractivity contribution in [1.29, 1.82) is 0 Å². The number of benzene rings is 2. The maximum atomic E-state index is 12.9.